The highest BCUT2D eigenvalue weighted by atomic mass is 79.9. The van der Waals surface area contributed by atoms with Crippen LogP contribution in [0.3, 0.4) is 0 Å². The first kappa shape index (κ1) is 12.7. The van der Waals surface area contributed by atoms with E-state index in [4.69, 9.17) is 5.26 Å². The summed E-state index contributed by atoms with van der Waals surface area (Å²) in [5, 5.41) is 12.3. The summed E-state index contributed by atoms with van der Waals surface area (Å²) in [7, 11) is 1.88. The second-order valence-corrected chi connectivity index (χ2v) is 5.15. The van der Waals surface area contributed by atoms with E-state index < -0.39 is 0 Å². The van der Waals surface area contributed by atoms with Crippen LogP contribution in [0.5, 0.6) is 0 Å². The first-order chi connectivity index (χ1) is 8.60. The summed E-state index contributed by atoms with van der Waals surface area (Å²) in [6.45, 7) is 2.77. The Balaban J connectivity index is 2.11. The number of hydrogen-bond donors (Lipinski definition) is 1. The van der Waals surface area contributed by atoms with Crippen LogP contribution in [0.4, 0.5) is 5.69 Å². The fourth-order valence-corrected chi connectivity index (χ4v) is 2.20. The number of benzene rings is 1. The minimum Gasteiger partial charge on any atom is -0.380 e. The second kappa shape index (κ2) is 5.28. The maximum Gasteiger partial charge on any atom is 0.120 e. The standard InChI is InChI=1S/C14H14BrN3/c1-10-3-4-13(15)14(5-10)17-8-11-6-12(7-16)18(2)9-11/h3-6,9,17H,8H2,1-2H3. The lowest BCUT2D eigenvalue weighted by atomic mass is 10.2. The highest BCUT2D eigenvalue weighted by Crippen LogP contribution is 2.24. The molecule has 1 heterocycles. The SMILES string of the molecule is Cc1ccc(Br)c(NCc2cc(C#N)n(C)c2)c1. The van der Waals surface area contributed by atoms with Gasteiger partial charge in [-0.1, -0.05) is 6.07 Å². The molecule has 0 bridgehead atoms. The van der Waals surface area contributed by atoms with Gasteiger partial charge in [-0.15, -0.1) is 0 Å². The summed E-state index contributed by atoms with van der Waals surface area (Å²) in [5.41, 5.74) is 4.06. The molecule has 0 unspecified atom stereocenters. The van der Waals surface area contributed by atoms with E-state index in [-0.39, 0.29) is 0 Å². The Morgan fingerprint density at radius 1 is 1.39 bits per heavy atom. The molecule has 3 nitrogen and oxygen atoms in total. The Morgan fingerprint density at radius 2 is 2.17 bits per heavy atom. The fourth-order valence-electron chi connectivity index (χ4n) is 1.81. The molecule has 0 aliphatic heterocycles. The molecule has 0 fully saturated rings. The van der Waals surface area contributed by atoms with Gasteiger partial charge < -0.3 is 9.88 Å². The molecule has 92 valence electrons. The fraction of sp³-hybridized carbons (Fsp3) is 0.214. The molecular weight excluding hydrogens is 290 g/mol. The van der Waals surface area contributed by atoms with E-state index in [9.17, 15) is 0 Å². The van der Waals surface area contributed by atoms with Gasteiger partial charge in [-0.3, -0.25) is 0 Å². The van der Waals surface area contributed by atoms with Crippen LogP contribution in [0.15, 0.2) is 34.9 Å². The van der Waals surface area contributed by atoms with Crippen LogP contribution < -0.4 is 5.32 Å². The topological polar surface area (TPSA) is 40.8 Å². The summed E-state index contributed by atoms with van der Waals surface area (Å²) in [6.07, 6.45) is 1.97. The van der Waals surface area contributed by atoms with Crippen molar-refractivity contribution in [2.24, 2.45) is 7.05 Å². The first-order valence-electron chi connectivity index (χ1n) is 5.65. The van der Waals surface area contributed by atoms with Crippen molar-refractivity contribution in [1.29, 1.82) is 5.26 Å². The molecule has 0 aliphatic carbocycles. The Hall–Kier alpha value is -1.73. The monoisotopic (exact) mass is 303 g/mol. The zero-order chi connectivity index (χ0) is 13.1. The highest BCUT2D eigenvalue weighted by molar-refractivity contribution is 9.10. The number of anilines is 1. The zero-order valence-electron chi connectivity index (χ0n) is 10.4. The van der Waals surface area contributed by atoms with Gasteiger partial charge >= 0.3 is 0 Å². The van der Waals surface area contributed by atoms with Gasteiger partial charge in [0.15, 0.2) is 0 Å². The third kappa shape index (κ3) is 2.74. The average molecular weight is 304 g/mol. The van der Waals surface area contributed by atoms with Crippen LogP contribution >= 0.6 is 15.9 Å². The van der Waals surface area contributed by atoms with Crippen molar-refractivity contribution in [3.63, 3.8) is 0 Å². The largest absolute Gasteiger partial charge is 0.380 e. The van der Waals surface area contributed by atoms with E-state index in [0.717, 1.165) is 15.7 Å². The van der Waals surface area contributed by atoms with Crippen LogP contribution in [-0.4, -0.2) is 4.57 Å². The quantitative estimate of drug-likeness (QED) is 0.941. The van der Waals surface area contributed by atoms with Gasteiger partial charge in [0.05, 0.1) is 0 Å². The molecule has 2 rings (SSSR count). The van der Waals surface area contributed by atoms with Gasteiger partial charge in [0, 0.05) is 29.9 Å². The Labute approximate surface area is 115 Å². The number of aromatic nitrogens is 1. The summed E-state index contributed by atoms with van der Waals surface area (Å²) >= 11 is 3.52. The molecular formula is C14H14BrN3. The Kier molecular flexibility index (Phi) is 3.73. The molecule has 0 radical (unpaired) electrons. The summed E-state index contributed by atoms with van der Waals surface area (Å²) in [4.78, 5) is 0. The van der Waals surface area contributed by atoms with Crippen molar-refractivity contribution in [3.8, 4) is 6.07 Å². The number of rotatable bonds is 3. The smallest absolute Gasteiger partial charge is 0.120 e. The van der Waals surface area contributed by atoms with Gasteiger partial charge in [0.25, 0.3) is 0 Å². The molecule has 0 saturated carbocycles. The molecule has 2 aromatic rings. The molecule has 4 heteroatoms. The van der Waals surface area contributed by atoms with Gasteiger partial charge in [0.2, 0.25) is 0 Å². The molecule has 1 aromatic heterocycles. The lowest BCUT2D eigenvalue weighted by Gasteiger charge is -2.08. The molecule has 18 heavy (non-hydrogen) atoms. The van der Waals surface area contributed by atoms with E-state index in [1.807, 2.05) is 29.9 Å². The molecule has 1 aromatic carbocycles. The van der Waals surface area contributed by atoms with Crippen molar-refractivity contribution < 1.29 is 0 Å². The number of nitrogens with one attached hydrogen (secondary N) is 1. The van der Waals surface area contributed by atoms with E-state index in [2.05, 4.69) is 46.4 Å². The molecule has 0 atom stereocenters. The lowest BCUT2D eigenvalue weighted by Crippen LogP contribution is -1.99. The molecule has 0 amide bonds. The number of nitrogens with zero attached hydrogens (tertiary/aromatic N) is 2. The number of hydrogen-bond acceptors (Lipinski definition) is 2. The Bertz CT molecular complexity index is 608. The van der Waals surface area contributed by atoms with Gasteiger partial charge in [-0.25, -0.2) is 0 Å². The minimum atomic E-state index is 0.676. The average Bonchev–Trinajstić information content (AvgIpc) is 2.71. The van der Waals surface area contributed by atoms with Gasteiger partial charge in [-0.05, 0) is 52.2 Å². The second-order valence-electron chi connectivity index (χ2n) is 4.29. The first-order valence-corrected chi connectivity index (χ1v) is 6.45. The van der Waals surface area contributed by atoms with E-state index in [0.29, 0.717) is 12.2 Å². The molecule has 0 saturated heterocycles. The van der Waals surface area contributed by atoms with Crippen LogP contribution in [0, 0.1) is 18.3 Å². The predicted molar refractivity (Wildman–Crippen MR) is 76.3 cm³/mol. The van der Waals surface area contributed by atoms with E-state index in [1.54, 1.807) is 0 Å². The molecule has 0 aliphatic rings. The summed E-state index contributed by atoms with van der Waals surface area (Å²) in [6, 6.07) is 10.2. The van der Waals surface area contributed by atoms with Gasteiger partial charge in [-0.2, -0.15) is 5.26 Å². The van der Waals surface area contributed by atoms with Crippen molar-refractivity contribution >= 4 is 21.6 Å². The third-order valence-electron chi connectivity index (χ3n) is 2.78. The lowest BCUT2D eigenvalue weighted by molar-refractivity contribution is 0.902. The van der Waals surface area contributed by atoms with Crippen LogP contribution in [-0.2, 0) is 13.6 Å². The Morgan fingerprint density at radius 3 is 2.83 bits per heavy atom. The van der Waals surface area contributed by atoms with Crippen molar-refractivity contribution in [2.45, 2.75) is 13.5 Å². The maximum absolute atomic E-state index is 8.90. The number of aryl methyl sites for hydroxylation is 2. The van der Waals surface area contributed by atoms with Crippen LogP contribution in [0.2, 0.25) is 0 Å². The normalized spacial score (nSPS) is 10.1. The van der Waals surface area contributed by atoms with Crippen molar-refractivity contribution in [2.75, 3.05) is 5.32 Å². The highest BCUT2D eigenvalue weighted by Gasteiger charge is 2.04. The molecule has 1 N–H and O–H groups in total. The van der Waals surface area contributed by atoms with Crippen LogP contribution in [0.1, 0.15) is 16.8 Å². The zero-order valence-corrected chi connectivity index (χ0v) is 12.0. The maximum atomic E-state index is 8.90. The summed E-state index contributed by atoms with van der Waals surface area (Å²) in [5.74, 6) is 0. The predicted octanol–water partition coefficient (Wildman–Crippen LogP) is 3.58. The number of nitriles is 1. The number of halogens is 1. The van der Waals surface area contributed by atoms with Crippen LogP contribution in [0.25, 0.3) is 0 Å². The minimum absolute atomic E-state index is 0.676. The van der Waals surface area contributed by atoms with Crippen molar-refractivity contribution in [3.05, 3.63) is 51.8 Å². The van der Waals surface area contributed by atoms with Gasteiger partial charge in [0.1, 0.15) is 11.8 Å². The van der Waals surface area contributed by atoms with E-state index in [1.165, 1.54) is 5.56 Å². The third-order valence-corrected chi connectivity index (χ3v) is 3.47. The summed E-state index contributed by atoms with van der Waals surface area (Å²) < 4.78 is 2.88. The van der Waals surface area contributed by atoms with Crippen molar-refractivity contribution in [1.82, 2.24) is 4.57 Å². The van der Waals surface area contributed by atoms with E-state index >= 15 is 0 Å². The molecule has 0 spiro atoms.